The van der Waals surface area contributed by atoms with Crippen molar-refractivity contribution in [3.8, 4) is 0 Å². The van der Waals surface area contributed by atoms with Gasteiger partial charge in [-0.05, 0) is 7.05 Å². The van der Waals surface area contributed by atoms with Crippen LogP contribution >= 0.6 is 0 Å². The summed E-state index contributed by atoms with van der Waals surface area (Å²) in [5, 5.41) is 14.1. The Morgan fingerprint density at radius 1 is 1.21 bits per heavy atom. The zero-order valence-electron chi connectivity index (χ0n) is 11.2. The molecule has 0 atom stereocenters. The SMILES string of the molecule is CN1CCN(CCN2N=C(C(=O)O)CCC2=O)CC1. The van der Waals surface area contributed by atoms with Gasteiger partial charge in [-0.1, -0.05) is 0 Å². The third kappa shape index (κ3) is 3.74. The van der Waals surface area contributed by atoms with Crippen molar-refractivity contribution in [2.75, 3.05) is 46.3 Å². The number of piperazine rings is 1. The lowest BCUT2D eigenvalue weighted by Crippen LogP contribution is -2.47. The Bertz CT molecular complexity index is 388. The Morgan fingerprint density at radius 2 is 1.89 bits per heavy atom. The fraction of sp³-hybridized carbons (Fsp3) is 0.750. The third-order valence-electron chi connectivity index (χ3n) is 3.58. The summed E-state index contributed by atoms with van der Waals surface area (Å²) < 4.78 is 0. The van der Waals surface area contributed by atoms with E-state index in [1.807, 2.05) is 0 Å². The molecule has 0 saturated carbocycles. The van der Waals surface area contributed by atoms with Crippen LogP contribution in [0.4, 0.5) is 0 Å². The maximum Gasteiger partial charge on any atom is 0.352 e. The van der Waals surface area contributed by atoms with Crippen molar-refractivity contribution in [2.45, 2.75) is 12.8 Å². The lowest BCUT2D eigenvalue weighted by Gasteiger charge is -2.33. The molecule has 0 spiro atoms. The van der Waals surface area contributed by atoms with Gasteiger partial charge in [-0.2, -0.15) is 5.10 Å². The number of hydrogen-bond acceptors (Lipinski definition) is 5. The molecule has 0 aliphatic carbocycles. The van der Waals surface area contributed by atoms with Crippen LogP contribution in [0.1, 0.15) is 12.8 Å². The van der Waals surface area contributed by atoms with Crippen LogP contribution in [0.2, 0.25) is 0 Å². The van der Waals surface area contributed by atoms with Crippen LogP contribution < -0.4 is 0 Å². The first-order valence-electron chi connectivity index (χ1n) is 6.58. The Labute approximate surface area is 112 Å². The van der Waals surface area contributed by atoms with Gasteiger partial charge in [0.2, 0.25) is 5.91 Å². The zero-order chi connectivity index (χ0) is 13.8. The summed E-state index contributed by atoms with van der Waals surface area (Å²) in [5.41, 5.74) is 0.0815. The first-order valence-corrected chi connectivity index (χ1v) is 6.58. The molecule has 2 aliphatic rings. The fourth-order valence-electron chi connectivity index (χ4n) is 2.24. The summed E-state index contributed by atoms with van der Waals surface area (Å²) in [4.78, 5) is 27.1. The third-order valence-corrected chi connectivity index (χ3v) is 3.58. The monoisotopic (exact) mass is 268 g/mol. The molecular formula is C12H20N4O3. The van der Waals surface area contributed by atoms with Gasteiger partial charge in [0.15, 0.2) is 0 Å². The highest BCUT2D eigenvalue weighted by molar-refractivity contribution is 6.36. The van der Waals surface area contributed by atoms with Gasteiger partial charge in [-0.15, -0.1) is 0 Å². The average molecular weight is 268 g/mol. The van der Waals surface area contributed by atoms with Gasteiger partial charge in [0, 0.05) is 45.6 Å². The molecule has 106 valence electrons. The summed E-state index contributed by atoms with van der Waals surface area (Å²) in [5.74, 6) is -1.11. The van der Waals surface area contributed by atoms with Crippen molar-refractivity contribution >= 4 is 17.6 Å². The molecule has 7 heteroatoms. The Morgan fingerprint density at radius 3 is 2.53 bits per heavy atom. The molecule has 2 heterocycles. The van der Waals surface area contributed by atoms with Gasteiger partial charge >= 0.3 is 5.97 Å². The molecule has 0 aromatic heterocycles. The maximum absolute atomic E-state index is 11.7. The minimum atomic E-state index is -1.03. The zero-order valence-corrected chi connectivity index (χ0v) is 11.2. The van der Waals surface area contributed by atoms with Gasteiger partial charge in [0.1, 0.15) is 5.71 Å². The molecule has 0 radical (unpaired) electrons. The van der Waals surface area contributed by atoms with Crippen molar-refractivity contribution in [3.63, 3.8) is 0 Å². The van der Waals surface area contributed by atoms with Crippen LogP contribution in [0.5, 0.6) is 0 Å². The topological polar surface area (TPSA) is 76.4 Å². The van der Waals surface area contributed by atoms with E-state index >= 15 is 0 Å². The number of hydrogen-bond donors (Lipinski definition) is 1. The lowest BCUT2D eigenvalue weighted by molar-refractivity contribution is -0.133. The number of aliphatic carboxylic acids is 1. The highest BCUT2D eigenvalue weighted by Gasteiger charge is 2.24. The van der Waals surface area contributed by atoms with E-state index in [4.69, 9.17) is 5.11 Å². The highest BCUT2D eigenvalue weighted by Crippen LogP contribution is 2.10. The number of hydrazone groups is 1. The second-order valence-corrected chi connectivity index (χ2v) is 5.01. The van der Waals surface area contributed by atoms with Crippen molar-refractivity contribution in [2.24, 2.45) is 5.10 Å². The number of nitrogens with zero attached hydrogens (tertiary/aromatic N) is 4. The number of amides is 1. The Balaban J connectivity index is 1.85. The molecule has 2 rings (SSSR count). The van der Waals surface area contributed by atoms with Crippen LogP contribution in [0.25, 0.3) is 0 Å². The number of carboxylic acid groups (broad SMARTS) is 1. The van der Waals surface area contributed by atoms with Crippen LogP contribution in [-0.4, -0.2) is 83.8 Å². The molecule has 1 saturated heterocycles. The number of rotatable bonds is 4. The molecule has 1 fully saturated rings. The Hall–Kier alpha value is -1.47. The number of carbonyl (C=O) groups excluding carboxylic acids is 1. The molecule has 0 aromatic carbocycles. The molecule has 7 nitrogen and oxygen atoms in total. The minimum absolute atomic E-state index is 0.0815. The number of likely N-dealkylation sites (N-methyl/N-ethyl adjacent to an activating group) is 1. The van der Waals surface area contributed by atoms with Crippen molar-refractivity contribution in [3.05, 3.63) is 0 Å². The number of carboxylic acids is 1. The maximum atomic E-state index is 11.7. The molecule has 19 heavy (non-hydrogen) atoms. The molecule has 0 aromatic rings. The van der Waals surface area contributed by atoms with Gasteiger partial charge in [-0.25, -0.2) is 9.80 Å². The van der Waals surface area contributed by atoms with Gasteiger partial charge in [0.25, 0.3) is 0 Å². The standard InChI is InChI=1S/C12H20N4O3/c1-14-4-6-15(7-5-14)8-9-16-11(17)3-2-10(13-16)12(18)19/h2-9H2,1H3,(H,18,19). The fourth-order valence-corrected chi connectivity index (χ4v) is 2.24. The summed E-state index contributed by atoms with van der Waals surface area (Å²) in [7, 11) is 2.09. The van der Waals surface area contributed by atoms with Crippen LogP contribution in [0.15, 0.2) is 5.10 Å². The smallest absolute Gasteiger partial charge is 0.352 e. The summed E-state index contributed by atoms with van der Waals surface area (Å²) in [6, 6.07) is 0. The van der Waals surface area contributed by atoms with Gasteiger partial charge in [0.05, 0.1) is 6.54 Å². The molecule has 1 N–H and O–H groups in total. The summed E-state index contributed by atoms with van der Waals surface area (Å²) in [6.07, 6.45) is 0.479. The van der Waals surface area contributed by atoms with E-state index in [2.05, 4.69) is 21.9 Å². The van der Waals surface area contributed by atoms with E-state index in [-0.39, 0.29) is 24.5 Å². The van der Waals surface area contributed by atoms with E-state index in [0.29, 0.717) is 6.54 Å². The predicted molar refractivity (Wildman–Crippen MR) is 70.0 cm³/mol. The lowest BCUT2D eigenvalue weighted by atomic mass is 10.1. The average Bonchev–Trinajstić information content (AvgIpc) is 2.39. The second-order valence-electron chi connectivity index (χ2n) is 5.01. The minimum Gasteiger partial charge on any atom is -0.477 e. The molecule has 2 aliphatic heterocycles. The first kappa shape index (κ1) is 14.0. The molecule has 0 unspecified atom stereocenters. The highest BCUT2D eigenvalue weighted by atomic mass is 16.4. The van der Waals surface area contributed by atoms with Crippen LogP contribution in [0.3, 0.4) is 0 Å². The van der Waals surface area contributed by atoms with E-state index in [1.54, 1.807) is 0 Å². The normalized spacial score (nSPS) is 22.5. The summed E-state index contributed by atoms with van der Waals surface area (Å²) in [6.45, 7) is 5.23. The molecular weight excluding hydrogens is 248 g/mol. The molecule has 0 bridgehead atoms. The van der Waals surface area contributed by atoms with Crippen molar-refractivity contribution < 1.29 is 14.7 Å². The van der Waals surface area contributed by atoms with Crippen LogP contribution in [-0.2, 0) is 9.59 Å². The summed E-state index contributed by atoms with van der Waals surface area (Å²) >= 11 is 0. The second kappa shape index (κ2) is 6.12. The van der Waals surface area contributed by atoms with Gasteiger partial charge < -0.3 is 10.0 Å². The van der Waals surface area contributed by atoms with E-state index in [1.165, 1.54) is 5.01 Å². The van der Waals surface area contributed by atoms with E-state index < -0.39 is 5.97 Å². The first-order chi connectivity index (χ1) is 9.06. The van der Waals surface area contributed by atoms with Crippen molar-refractivity contribution in [1.29, 1.82) is 0 Å². The van der Waals surface area contributed by atoms with Crippen molar-refractivity contribution in [1.82, 2.24) is 14.8 Å². The van der Waals surface area contributed by atoms with E-state index in [0.717, 1.165) is 32.7 Å². The Kier molecular flexibility index (Phi) is 4.49. The number of carbonyl (C=O) groups is 2. The predicted octanol–water partition coefficient (Wildman–Crippen LogP) is -0.703. The van der Waals surface area contributed by atoms with Crippen LogP contribution in [0, 0.1) is 0 Å². The molecule has 1 amide bonds. The van der Waals surface area contributed by atoms with Gasteiger partial charge in [-0.3, -0.25) is 9.69 Å². The van der Waals surface area contributed by atoms with E-state index in [9.17, 15) is 9.59 Å². The largest absolute Gasteiger partial charge is 0.477 e. The quantitative estimate of drug-likeness (QED) is 0.729.